The van der Waals surface area contributed by atoms with Crippen LogP contribution in [0.15, 0.2) is 6.07 Å². The number of aromatic nitrogens is 2. The molecule has 0 aliphatic rings. The van der Waals surface area contributed by atoms with E-state index in [1.807, 2.05) is 0 Å². The second-order valence-corrected chi connectivity index (χ2v) is 3.14. The zero-order chi connectivity index (χ0) is 8.97. The molecule has 0 aromatic carbocycles. The van der Waals surface area contributed by atoms with Crippen LogP contribution in [0.25, 0.3) is 0 Å². The summed E-state index contributed by atoms with van der Waals surface area (Å²) in [6, 6.07) is 1.69. The van der Waals surface area contributed by atoms with Crippen molar-refractivity contribution < 1.29 is 0 Å². The van der Waals surface area contributed by atoms with Crippen LogP contribution >= 0.6 is 23.2 Å². The number of rotatable bonds is 3. The van der Waals surface area contributed by atoms with Crippen molar-refractivity contribution in [3.05, 3.63) is 22.7 Å². The van der Waals surface area contributed by atoms with Gasteiger partial charge in [-0.05, 0) is 12.5 Å². The highest BCUT2D eigenvalue weighted by molar-refractivity contribution is 6.29. The maximum atomic E-state index is 5.75. The molecule has 0 N–H and O–H groups in total. The Balaban J connectivity index is 2.90. The van der Waals surface area contributed by atoms with E-state index >= 15 is 0 Å². The lowest BCUT2D eigenvalue weighted by Crippen LogP contribution is -1.97. The van der Waals surface area contributed by atoms with E-state index in [4.69, 9.17) is 23.2 Å². The van der Waals surface area contributed by atoms with Crippen LogP contribution in [0.2, 0.25) is 5.15 Å². The molecule has 0 bridgehead atoms. The maximum Gasteiger partial charge on any atom is 0.133 e. The highest BCUT2D eigenvalue weighted by Crippen LogP contribution is 2.10. The molecule has 0 saturated heterocycles. The quantitative estimate of drug-likeness (QED) is 0.560. The van der Waals surface area contributed by atoms with Gasteiger partial charge in [0, 0.05) is 6.42 Å². The van der Waals surface area contributed by atoms with E-state index in [1.54, 1.807) is 6.07 Å². The van der Waals surface area contributed by atoms with Crippen LogP contribution in [0, 0.1) is 0 Å². The van der Waals surface area contributed by atoms with Gasteiger partial charge in [-0.15, -0.1) is 11.6 Å². The van der Waals surface area contributed by atoms with Crippen molar-refractivity contribution >= 4 is 23.2 Å². The van der Waals surface area contributed by atoms with E-state index in [1.165, 1.54) is 0 Å². The monoisotopic (exact) mass is 204 g/mol. The molecule has 1 aromatic rings. The Morgan fingerprint density at radius 1 is 1.42 bits per heavy atom. The number of halogens is 2. The Bertz CT molecular complexity index is 263. The minimum atomic E-state index is 0.388. The van der Waals surface area contributed by atoms with Crippen LogP contribution in [-0.2, 0) is 12.3 Å². The van der Waals surface area contributed by atoms with Crippen LogP contribution in [-0.4, -0.2) is 9.97 Å². The van der Waals surface area contributed by atoms with Crippen molar-refractivity contribution in [1.29, 1.82) is 0 Å². The molecule has 0 amide bonds. The smallest absolute Gasteiger partial charge is 0.133 e. The summed E-state index contributed by atoms with van der Waals surface area (Å²) in [6.45, 7) is 2.07. The van der Waals surface area contributed by atoms with E-state index in [0.29, 0.717) is 11.0 Å². The van der Waals surface area contributed by atoms with E-state index in [0.717, 1.165) is 24.4 Å². The summed E-state index contributed by atoms with van der Waals surface area (Å²) in [5.41, 5.74) is 0.792. The van der Waals surface area contributed by atoms with Crippen LogP contribution in [0.3, 0.4) is 0 Å². The zero-order valence-corrected chi connectivity index (χ0v) is 8.36. The topological polar surface area (TPSA) is 25.8 Å². The summed E-state index contributed by atoms with van der Waals surface area (Å²) >= 11 is 11.4. The molecule has 0 spiro atoms. The maximum absolute atomic E-state index is 5.75. The van der Waals surface area contributed by atoms with Crippen molar-refractivity contribution in [2.24, 2.45) is 0 Å². The van der Waals surface area contributed by atoms with Crippen LogP contribution < -0.4 is 0 Å². The normalized spacial score (nSPS) is 10.2. The van der Waals surface area contributed by atoms with Crippen LogP contribution in [0.1, 0.15) is 24.9 Å². The molecule has 1 heterocycles. The zero-order valence-electron chi connectivity index (χ0n) is 6.85. The molecule has 0 aliphatic heterocycles. The average Bonchev–Trinajstić information content (AvgIpc) is 2.04. The first-order chi connectivity index (χ1) is 5.76. The summed E-state index contributed by atoms with van der Waals surface area (Å²) < 4.78 is 0. The van der Waals surface area contributed by atoms with Gasteiger partial charge in [0.1, 0.15) is 11.0 Å². The van der Waals surface area contributed by atoms with Crippen molar-refractivity contribution in [3.63, 3.8) is 0 Å². The predicted molar refractivity (Wildman–Crippen MR) is 50.6 cm³/mol. The molecule has 0 saturated carbocycles. The molecular weight excluding hydrogens is 195 g/mol. The van der Waals surface area contributed by atoms with Crippen LogP contribution in [0.4, 0.5) is 0 Å². The molecular formula is C8H10Cl2N2. The number of aryl methyl sites for hydroxylation is 1. The third-order valence-electron chi connectivity index (χ3n) is 1.40. The summed E-state index contributed by atoms with van der Waals surface area (Å²) in [7, 11) is 0. The lowest BCUT2D eigenvalue weighted by molar-refractivity contribution is 0.823. The van der Waals surface area contributed by atoms with Crippen molar-refractivity contribution in [2.75, 3.05) is 0 Å². The first kappa shape index (κ1) is 9.75. The summed E-state index contributed by atoms with van der Waals surface area (Å²) in [4.78, 5) is 8.28. The number of hydrogen-bond acceptors (Lipinski definition) is 2. The molecule has 66 valence electrons. The van der Waals surface area contributed by atoms with Gasteiger partial charge in [-0.2, -0.15) is 0 Å². The highest BCUT2D eigenvalue weighted by Gasteiger charge is 2.00. The lowest BCUT2D eigenvalue weighted by atomic mass is 10.3. The van der Waals surface area contributed by atoms with E-state index in [9.17, 15) is 0 Å². The molecule has 4 heteroatoms. The first-order valence-corrected chi connectivity index (χ1v) is 4.75. The van der Waals surface area contributed by atoms with E-state index in [2.05, 4.69) is 16.9 Å². The lowest BCUT2D eigenvalue weighted by Gasteiger charge is -2.00. The van der Waals surface area contributed by atoms with Crippen LogP contribution in [0.5, 0.6) is 0 Å². The minimum Gasteiger partial charge on any atom is -0.237 e. The van der Waals surface area contributed by atoms with Gasteiger partial charge in [0.05, 0.1) is 11.6 Å². The van der Waals surface area contributed by atoms with Gasteiger partial charge in [-0.1, -0.05) is 18.5 Å². The molecule has 0 aliphatic carbocycles. The fourth-order valence-corrected chi connectivity index (χ4v) is 1.28. The summed E-state index contributed by atoms with van der Waals surface area (Å²) in [6.07, 6.45) is 1.87. The van der Waals surface area contributed by atoms with E-state index in [-0.39, 0.29) is 0 Å². The molecule has 1 aromatic heterocycles. The fraction of sp³-hybridized carbons (Fsp3) is 0.500. The standard InChI is InChI=1S/C8H10Cl2N2/c1-2-3-8-11-6(5-9)4-7(10)12-8/h4H,2-3,5H2,1H3. The molecule has 0 atom stereocenters. The van der Waals surface area contributed by atoms with Crippen molar-refractivity contribution in [2.45, 2.75) is 25.6 Å². The second kappa shape index (κ2) is 4.63. The third kappa shape index (κ3) is 2.61. The van der Waals surface area contributed by atoms with Gasteiger partial charge in [0.25, 0.3) is 0 Å². The van der Waals surface area contributed by atoms with Gasteiger partial charge in [-0.3, -0.25) is 0 Å². The molecule has 2 nitrogen and oxygen atoms in total. The largest absolute Gasteiger partial charge is 0.237 e. The molecule has 12 heavy (non-hydrogen) atoms. The Morgan fingerprint density at radius 2 is 2.17 bits per heavy atom. The molecule has 0 radical (unpaired) electrons. The minimum absolute atomic E-state index is 0.388. The van der Waals surface area contributed by atoms with Gasteiger partial charge in [-0.25, -0.2) is 9.97 Å². The van der Waals surface area contributed by atoms with Crippen molar-refractivity contribution in [1.82, 2.24) is 9.97 Å². The molecule has 1 rings (SSSR count). The van der Waals surface area contributed by atoms with E-state index < -0.39 is 0 Å². The Kier molecular flexibility index (Phi) is 3.76. The Morgan fingerprint density at radius 3 is 2.75 bits per heavy atom. The fourth-order valence-electron chi connectivity index (χ4n) is 0.920. The number of hydrogen-bond donors (Lipinski definition) is 0. The Labute approximate surface area is 81.9 Å². The van der Waals surface area contributed by atoms with Gasteiger partial charge >= 0.3 is 0 Å². The van der Waals surface area contributed by atoms with Crippen molar-refractivity contribution in [3.8, 4) is 0 Å². The average molecular weight is 205 g/mol. The molecule has 0 unspecified atom stereocenters. The molecule has 0 fully saturated rings. The van der Waals surface area contributed by atoms with Gasteiger partial charge in [0.2, 0.25) is 0 Å². The van der Waals surface area contributed by atoms with Gasteiger partial charge < -0.3 is 0 Å². The third-order valence-corrected chi connectivity index (χ3v) is 1.87. The Hall–Kier alpha value is -0.340. The predicted octanol–water partition coefficient (Wildman–Crippen LogP) is 2.82. The second-order valence-electron chi connectivity index (χ2n) is 2.48. The summed E-state index contributed by atoms with van der Waals surface area (Å²) in [5, 5.41) is 0.476. The first-order valence-electron chi connectivity index (χ1n) is 3.84. The SMILES string of the molecule is CCCc1nc(Cl)cc(CCl)n1. The number of nitrogens with zero attached hydrogens (tertiary/aromatic N) is 2. The van der Waals surface area contributed by atoms with Gasteiger partial charge in [0.15, 0.2) is 0 Å². The number of alkyl halides is 1. The summed E-state index contributed by atoms with van der Waals surface area (Å²) in [5.74, 6) is 1.17. The highest BCUT2D eigenvalue weighted by atomic mass is 35.5.